The Morgan fingerprint density at radius 2 is 2.13 bits per heavy atom. The van der Waals surface area contributed by atoms with Gasteiger partial charge in [0.25, 0.3) is 0 Å². The molecule has 0 bridgehead atoms. The lowest BCUT2D eigenvalue weighted by atomic mass is 9.97. The van der Waals surface area contributed by atoms with E-state index in [0.29, 0.717) is 17.5 Å². The molecule has 3 N–H and O–H groups in total. The van der Waals surface area contributed by atoms with Crippen molar-refractivity contribution in [3.05, 3.63) is 18.2 Å². The lowest BCUT2D eigenvalue weighted by Crippen LogP contribution is -2.42. The Bertz CT molecular complexity index is 790. The normalized spacial score (nSPS) is 14.6. The van der Waals surface area contributed by atoms with Crippen molar-refractivity contribution >= 4 is 38.7 Å². The molecule has 1 unspecified atom stereocenters. The average molecular weight is 358 g/mol. The first-order chi connectivity index (χ1) is 10.9. The largest absolute Gasteiger partial charge is 0.289 e. The molecule has 126 valence electrons. The Kier molecular flexibility index (Phi) is 5.63. The summed E-state index contributed by atoms with van der Waals surface area (Å²) in [5.41, 5.74) is 2.34. The molecule has 1 aromatic carbocycles. The van der Waals surface area contributed by atoms with Gasteiger partial charge < -0.3 is 0 Å². The highest BCUT2D eigenvalue weighted by atomic mass is 32.2. The molecule has 0 aliphatic heterocycles. The molecule has 2 aromatic rings. The van der Waals surface area contributed by atoms with Gasteiger partial charge in [0.15, 0.2) is 0 Å². The van der Waals surface area contributed by atoms with Crippen molar-refractivity contribution in [2.24, 2.45) is 5.92 Å². The number of hydrogen-bond donors (Lipinski definition) is 3. The highest BCUT2D eigenvalue weighted by Gasteiger charge is 2.27. The van der Waals surface area contributed by atoms with E-state index in [0.717, 1.165) is 11.7 Å². The van der Waals surface area contributed by atoms with E-state index in [4.69, 9.17) is 5.21 Å². The molecule has 2 rings (SSSR count). The quantitative estimate of drug-likeness (QED) is 0.506. The van der Waals surface area contributed by atoms with E-state index in [1.54, 1.807) is 12.1 Å². The molecule has 0 aliphatic rings. The van der Waals surface area contributed by atoms with Crippen LogP contribution in [0, 0.1) is 5.92 Å². The molecular formula is C13H18N4O4S2. The van der Waals surface area contributed by atoms with Gasteiger partial charge in [0.1, 0.15) is 15.9 Å². The predicted octanol–water partition coefficient (Wildman–Crippen LogP) is 1.28. The van der Waals surface area contributed by atoms with E-state index >= 15 is 0 Å². The molecule has 2 atom stereocenters. The number of benzene rings is 1. The van der Waals surface area contributed by atoms with E-state index in [1.807, 2.05) is 13.8 Å². The minimum absolute atomic E-state index is 0.0291. The number of rotatable bonds is 7. The highest BCUT2D eigenvalue weighted by molar-refractivity contribution is 7.89. The van der Waals surface area contributed by atoms with Gasteiger partial charge >= 0.3 is 0 Å². The maximum atomic E-state index is 12.7. The van der Waals surface area contributed by atoms with Gasteiger partial charge in [0.05, 0.1) is 11.7 Å². The van der Waals surface area contributed by atoms with Crippen LogP contribution in [0.1, 0.15) is 26.7 Å². The Balaban J connectivity index is 2.34. The van der Waals surface area contributed by atoms with Crippen molar-refractivity contribution in [2.45, 2.75) is 37.6 Å². The van der Waals surface area contributed by atoms with E-state index in [2.05, 4.69) is 13.5 Å². The van der Waals surface area contributed by atoms with Gasteiger partial charge in [-0.25, -0.2) is 18.6 Å². The van der Waals surface area contributed by atoms with E-state index in [9.17, 15) is 13.2 Å². The summed E-state index contributed by atoms with van der Waals surface area (Å²) in [5.74, 6) is -0.735. The molecule has 10 heteroatoms. The van der Waals surface area contributed by atoms with Crippen LogP contribution in [0.25, 0.3) is 11.0 Å². The van der Waals surface area contributed by atoms with E-state index in [-0.39, 0.29) is 17.2 Å². The first-order valence-corrected chi connectivity index (χ1v) is 9.27. The highest BCUT2D eigenvalue weighted by Crippen LogP contribution is 2.22. The molecule has 0 saturated heterocycles. The van der Waals surface area contributed by atoms with Gasteiger partial charge in [-0.2, -0.15) is 8.75 Å². The number of hydrogen-bond acceptors (Lipinski definition) is 7. The maximum absolute atomic E-state index is 12.7. The van der Waals surface area contributed by atoms with Crippen molar-refractivity contribution in [3.8, 4) is 0 Å². The molecule has 0 saturated carbocycles. The second-order valence-corrected chi connectivity index (χ2v) is 7.45. The van der Waals surface area contributed by atoms with Crippen LogP contribution in [-0.4, -0.2) is 34.3 Å². The fourth-order valence-corrected chi connectivity index (χ4v) is 4.26. The summed E-state index contributed by atoms with van der Waals surface area (Å²) in [6.45, 7) is 3.73. The third-order valence-corrected chi connectivity index (χ3v) is 5.77. The molecule has 1 amide bonds. The van der Waals surface area contributed by atoms with Crippen molar-refractivity contribution in [1.82, 2.24) is 18.9 Å². The Labute approximate surface area is 138 Å². The summed E-state index contributed by atoms with van der Waals surface area (Å²) >= 11 is 0.938. The first-order valence-electron chi connectivity index (χ1n) is 7.05. The van der Waals surface area contributed by atoms with Crippen LogP contribution >= 0.6 is 11.7 Å². The summed E-state index contributed by atoms with van der Waals surface area (Å²) in [7, 11) is -3.87. The van der Waals surface area contributed by atoms with Gasteiger partial charge in [0.2, 0.25) is 15.9 Å². The number of carbonyl (C=O) groups is 1. The lowest BCUT2D eigenvalue weighted by Gasteiger charge is -2.23. The van der Waals surface area contributed by atoms with Crippen LogP contribution in [0.15, 0.2) is 23.1 Å². The van der Waals surface area contributed by atoms with Gasteiger partial charge in [0, 0.05) is 12.5 Å². The number of carbonyl (C=O) groups excluding carboxylic acids is 1. The molecule has 1 heterocycles. The van der Waals surface area contributed by atoms with Crippen molar-refractivity contribution in [2.75, 3.05) is 0 Å². The van der Waals surface area contributed by atoms with Crippen LogP contribution in [-0.2, 0) is 14.8 Å². The predicted molar refractivity (Wildman–Crippen MR) is 85.5 cm³/mol. The number of hydroxylamine groups is 1. The van der Waals surface area contributed by atoms with Crippen LogP contribution in [0.3, 0.4) is 0 Å². The summed E-state index contributed by atoms with van der Waals surface area (Å²) < 4.78 is 35.9. The second kappa shape index (κ2) is 7.30. The number of aromatic nitrogens is 2. The van der Waals surface area contributed by atoms with Gasteiger partial charge in [-0.15, -0.1) is 0 Å². The molecule has 0 fully saturated rings. The molecule has 0 spiro atoms. The smallest absolute Gasteiger partial charge is 0.244 e. The molecule has 0 radical (unpaired) electrons. The summed E-state index contributed by atoms with van der Waals surface area (Å²) in [4.78, 5) is 11.4. The monoisotopic (exact) mass is 358 g/mol. The van der Waals surface area contributed by atoms with E-state index < -0.39 is 22.0 Å². The van der Waals surface area contributed by atoms with Crippen molar-refractivity contribution in [1.29, 1.82) is 0 Å². The number of nitrogens with one attached hydrogen (secondary N) is 2. The third kappa shape index (κ3) is 4.02. The number of sulfonamides is 1. The van der Waals surface area contributed by atoms with Crippen molar-refractivity contribution in [3.63, 3.8) is 0 Å². The molecule has 0 aliphatic carbocycles. The first kappa shape index (κ1) is 17.7. The second-order valence-electron chi connectivity index (χ2n) is 5.24. The molecular weight excluding hydrogens is 340 g/mol. The maximum Gasteiger partial charge on any atom is 0.244 e. The zero-order valence-electron chi connectivity index (χ0n) is 12.7. The van der Waals surface area contributed by atoms with Gasteiger partial charge in [-0.1, -0.05) is 26.3 Å². The van der Waals surface area contributed by atoms with Crippen molar-refractivity contribution < 1.29 is 18.4 Å². The standard InChI is InChI=1S/C13H18N4O4S2/c1-3-8(2)10(7-12(18)14-19)17-23(20,21)11-6-4-5-9-13(11)16-22-15-9/h4-6,8,10,17,19H,3,7H2,1-2H3,(H,14,18)/t8?,10-/m1/s1. The number of nitrogens with zero attached hydrogens (tertiary/aromatic N) is 2. The van der Waals surface area contributed by atoms with E-state index in [1.165, 1.54) is 11.5 Å². The molecule has 1 aromatic heterocycles. The molecule has 8 nitrogen and oxygen atoms in total. The van der Waals surface area contributed by atoms with Gasteiger partial charge in [-0.05, 0) is 18.1 Å². The average Bonchev–Trinajstić information content (AvgIpc) is 3.01. The zero-order valence-corrected chi connectivity index (χ0v) is 14.3. The molecule has 23 heavy (non-hydrogen) atoms. The summed E-state index contributed by atoms with van der Waals surface area (Å²) in [6.07, 6.45) is 0.518. The van der Waals surface area contributed by atoms with Crippen LogP contribution in [0.5, 0.6) is 0 Å². The number of fused-ring (bicyclic) bond motifs is 1. The minimum Gasteiger partial charge on any atom is -0.289 e. The lowest BCUT2D eigenvalue weighted by molar-refractivity contribution is -0.129. The zero-order chi connectivity index (χ0) is 17.0. The fraction of sp³-hybridized carbons (Fsp3) is 0.462. The van der Waals surface area contributed by atoms with Gasteiger partial charge in [-0.3, -0.25) is 10.0 Å². The topological polar surface area (TPSA) is 121 Å². The van der Waals surface area contributed by atoms with Crippen LogP contribution in [0.2, 0.25) is 0 Å². The fourth-order valence-electron chi connectivity index (χ4n) is 2.15. The number of amides is 1. The third-order valence-electron chi connectivity index (χ3n) is 3.71. The Morgan fingerprint density at radius 1 is 1.39 bits per heavy atom. The summed E-state index contributed by atoms with van der Waals surface area (Å²) in [6, 6.07) is 4.09. The van der Waals surface area contributed by atoms with Crippen LogP contribution < -0.4 is 10.2 Å². The Hall–Kier alpha value is -1.62. The Morgan fingerprint density at radius 3 is 2.78 bits per heavy atom. The minimum atomic E-state index is -3.87. The SMILES string of the molecule is CCC(C)[C@@H](CC(=O)NO)NS(=O)(=O)c1cccc2nsnc12. The van der Waals surface area contributed by atoms with Crippen LogP contribution in [0.4, 0.5) is 0 Å². The summed E-state index contributed by atoms with van der Waals surface area (Å²) in [5, 5.41) is 8.67.